The molecule has 0 radical (unpaired) electrons. The molecular weight excluding hydrogens is 416 g/mol. The lowest BCUT2D eigenvalue weighted by molar-refractivity contribution is 0.311. The summed E-state index contributed by atoms with van der Waals surface area (Å²) in [5, 5.41) is 12.9. The fourth-order valence-corrected chi connectivity index (χ4v) is 5.79. The lowest BCUT2D eigenvalue weighted by Crippen LogP contribution is -2.15. The number of methoxy groups -OCH3 is 1. The zero-order valence-corrected chi connectivity index (χ0v) is 19.4. The number of rotatable bonds is 8. The van der Waals surface area contributed by atoms with Gasteiger partial charge in [0.15, 0.2) is 16.7 Å². The van der Waals surface area contributed by atoms with Crippen molar-refractivity contribution in [1.29, 1.82) is 0 Å². The molecule has 2 heterocycles. The van der Waals surface area contributed by atoms with E-state index in [0.717, 1.165) is 44.5 Å². The standard InChI is InChI=1S/C22H28N4O2S2/c1-4-28-19-11-10-16(12-20(19)27-3)21-23-17(13-29-21)14-30-22-25-24-15(2)26(22)18-8-6-5-7-9-18/h10-13,18H,4-9,14H2,1-3H3. The molecule has 0 bridgehead atoms. The number of thioether (sulfide) groups is 1. The Morgan fingerprint density at radius 2 is 2.00 bits per heavy atom. The van der Waals surface area contributed by atoms with Crippen molar-refractivity contribution < 1.29 is 9.47 Å². The molecule has 3 aromatic rings. The van der Waals surface area contributed by atoms with Crippen LogP contribution in [0.3, 0.4) is 0 Å². The Morgan fingerprint density at radius 3 is 2.77 bits per heavy atom. The van der Waals surface area contributed by atoms with Gasteiger partial charge in [0.1, 0.15) is 10.8 Å². The molecule has 160 valence electrons. The van der Waals surface area contributed by atoms with Gasteiger partial charge in [-0.25, -0.2) is 4.98 Å². The van der Waals surface area contributed by atoms with Crippen LogP contribution in [0.1, 0.15) is 56.6 Å². The third-order valence-electron chi connectivity index (χ3n) is 5.39. The maximum absolute atomic E-state index is 5.61. The van der Waals surface area contributed by atoms with Gasteiger partial charge in [-0.2, -0.15) is 0 Å². The predicted molar refractivity (Wildman–Crippen MR) is 122 cm³/mol. The maximum atomic E-state index is 5.61. The van der Waals surface area contributed by atoms with Gasteiger partial charge in [-0.1, -0.05) is 31.0 Å². The maximum Gasteiger partial charge on any atom is 0.191 e. The number of thiazole rings is 1. The van der Waals surface area contributed by atoms with E-state index in [2.05, 4.69) is 27.1 Å². The van der Waals surface area contributed by atoms with Crippen molar-refractivity contribution in [2.45, 2.75) is 62.9 Å². The van der Waals surface area contributed by atoms with E-state index >= 15 is 0 Å². The number of benzene rings is 1. The Kier molecular flexibility index (Phi) is 6.94. The van der Waals surface area contributed by atoms with E-state index in [4.69, 9.17) is 14.5 Å². The lowest BCUT2D eigenvalue weighted by atomic mass is 9.95. The quantitative estimate of drug-likeness (QED) is 0.402. The van der Waals surface area contributed by atoms with Gasteiger partial charge < -0.3 is 14.0 Å². The summed E-state index contributed by atoms with van der Waals surface area (Å²) in [6, 6.07) is 6.51. The highest BCUT2D eigenvalue weighted by Crippen LogP contribution is 2.36. The van der Waals surface area contributed by atoms with Crippen LogP contribution in [-0.4, -0.2) is 33.5 Å². The third-order valence-corrected chi connectivity index (χ3v) is 7.30. The zero-order valence-electron chi connectivity index (χ0n) is 17.8. The van der Waals surface area contributed by atoms with Gasteiger partial charge in [0.25, 0.3) is 0 Å². The molecule has 0 N–H and O–H groups in total. The second-order valence-electron chi connectivity index (χ2n) is 7.42. The van der Waals surface area contributed by atoms with Crippen molar-refractivity contribution in [2.75, 3.05) is 13.7 Å². The van der Waals surface area contributed by atoms with E-state index in [-0.39, 0.29) is 0 Å². The van der Waals surface area contributed by atoms with Crippen LogP contribution in [0.25, 0.3) is 10.6 Å². The summed E-state index contributed by atoms with van der Waals surface area (Å²) < 4.78 is 13.4. The number of nitrogens with zero attached hydrogens (tertiary/aromatic N) is 4. The fourth-order valence-electron chi connectivity index (χ4n) is 3.93. The molecule has 0 unspecified atom stereocenters. The van der Waals surface area contributed by atoms with Crippen molar-refractivity contribution in [2.24, 2.45) is 0 Å². The van der Waals surface area contributed by atoms with Gasteiger partial charge in [-0.3, -0.25) is 0 Å². The number of hydrogen-bond acceptors (Lipinski definition) is 7. The van der Waals surface area contributed by atoms with Gasteiger partial charge in [-0.15, -0.1) is 21.5 Å². The Balaban J connectivity index is 1.46. The minimum atomic E-state index is 0.540. The van der Waals surface area contributed by atoms with Crippen LogP contribution in [-0.2, 0) is 5.75 Å². The summed E-state index contributed by atoms with van der Waals surface area (Å²) in [5.74, 6) is 3.30. The number of aryl methyl sites for hydroxylation is 1. The number of hydrogen-bond donors (Lipinski definition) is 0. The normalized spacial score (nSPS) is 14.8. The third kappa shape index (κ3) is 4.64. The Morgan fingerprint density at radius 1 is 1.17 bits per heavy atom. The summed E-state index contributed by atoms with van der Waals surface area (Å²) in [6.07, 6.45) is 6.40. The second kappa shape index (κ2) is 9.83. The Labute approximate surface area is 186 Å². The minimum Gasteiger partial charge on any atom is -0.493 e. The molecule has 0 atom stereocenters. The molecule has 1 fully saturated rings. The van der Waals surface area contributed by atoms with Crippen LogP contribution in [0.4, 0.5) is 0 Å². The van der Waals surface area contributed by atoms with Crippen molar-refractivity contribution in [1.82, 2.24) is 19.7 Å². The fraction of sp³-hybridized carbons (Fsp3) is 0.500. The van der Waals surface area contributed by atoms with E-state index in [1.54, 1.807) is 30.2 Å². The average Bonchev–Trinajstić information content (AvgIpc) is 3.40. The molecule has 6 nitrogen and oxygen atoms in total. The molecule has 1 saturated carbocycles. The predicted octanol–water partition coefficient (Wildman–Crippen LogP) is 5.91. The number of aromatic nitrogens is 4. The van der Waals surface area contributed by atoms with Crippen molar-refractivity contribution in [3.8, 4) is 22.1 Å². The largest absolute Gasteiger partial charge is 0.493 e. The van der Waals surface area contributed by atoms with E-state index in [0.29, 0.717) is 12.6 Å². The van der Waals surface area contributed by atoms with Gasteiger partial charge >= 0.3 is 0 Å². The van der Waals surface area contributed by atoms with Crippen LogP contribution in [0.5, 0.6) is 11.5 Å². The van der Waals surface area contributed by atoms with Gasteiger partial charge in [0, 0.05) is 22.7 Å². The highest BCUT2D eigenvalue weighted by Gasteiger charge is 2.21. The van der Waals surface area contributed by atoms with Gasteiger partial charge in [0.05, 0.1) is 19.4 Å². The highest BCUT2D eigenvalue weighted by atomic mass is 32.2. The zero-order chi connectivity index (χ0) is 20.9. The first kappa shape index (κ1) is 21.2. The van der Waals surface area contributed by atoms with Crippen LogP contribution >= 0.6 is 23.1 Å². The van der Waals surface area contributed by atoms with Gasteiger partial charge in [0.2, 0.25) is 0 Å². The average molecular weight is 445 g/mol. The van der Waals surface area contributed by atoms with Crippen LogP contribution in [0.15, 0.2) is 28.7 Å². The molecule has 1 aliphatic rings. The monoisotopic (exact) mass is 444 g/mol. The van der Waals surface area contributed by atoms with Crippen molar-refractivity contribution >= 4 is 23.1 Å². The van der Waals surface area contributed by atoms with Crippen LogP contribution in [0, 0.1) is 6.92 Å². The number of ether oxygens (including phenoxy) is 2. The first-order chi connectivity index (χ1) is 14.7. The van der Waals surface area contributed by atoms with Gasteiger partial charge in [-0.05, 0) is 44.9 Å². The molecule has 1 aliphatic carbocycles. The SMILES string of the molecule is CCOc1ccc(-c2nc(CSc3nnc(C)n3C3CCCCC3)cs2)cc1OC. The molecule has 0 spiro atoms. The van der Waals surface area contributed by atoms with E-state index in [9.17, 15) is 0 Å². The summed E-state index contributed by atoms with van der Waals surface area (Å²) >= 11 is 3.38. The molecule has 8 heteroatoms. The molecule has 30 heavy (non-hydrogen) atoms. The molecular formula is C22H28N4O2S2. The topological polar surface area (TPSA) is 62.1 Å². The van der Waals surface area contributed by atoms with Crippen molar-refractivity contribution in [3.05, 3.63) is 35.1 Å². The smallest absolute Gasteiger partial charge is 0.191 e. The molecule has 0 saturated heterocycles. The molecule has 0 aliphatic heterocycles. The lowest BCUT2D eigenvalue weighted by Gasteiger charge is -2.24. The van der Waals surface area contributed by atoms with E-state index in [1.165, 1.54) is 32.1 Å². The molecule has 4 rings (SSSR count). The van der Waals surface area contributed by atoms with E-state index < -0.39 is 0 Å². The van der Waals surface area contributed by atoms with Crippen LogP contribution < -0.4 is 9.47 Å². The summed E-state index contributed by atoms with van der Waals surface area (Å²) in [6.45, 7) is 4.64. The summed E-state index contributed by atoms with van der Waals surface area (Å²) in [4.78, 5) is 4.84. The highest BCUT2D eigenvalue weighted by molar-refractivity contribution is 7.98. The summed E-state index contributed by atoms with van der Waals surface area (Å²) in [5.41, 5.74) is 2.10. The summed E-state index contributed by atoms with van der Waals surface area (Å²) in [7, 11) is 1.66. The first-order valence-corrected chi connectivity index (χ1v) is 12.4. The molecule has 0 amide bonds. The molecule has 2 aromatic heterocycles. The molecule has 1 aromatic carbocycles. The Hall–Kier alpha value is -2.06. The first-order valence-electron chi connectivity index (χ1n) is 10.5. The van der Waals surface area contributed by atoms with E-state index in [1.807, 2.05) is 25.1 Å². The Bertz CT molecular complexity index is 979. The van der Waals surface area contributed by atoms with Crippen LogP contribution in [0.2, 0.25) is 0 Å². The second-order valence-corrected chi connectivity index (χ2v) is 9.22. The minimum absolute atomic E-state index is 0.540. The van der Waals surface area contributed by atoms with Crippen molar-refractivity contribution in [3.63, 3.8) is 0 Å².